The SMILES string of the molecule is CCOC(=O)CNc1ccnc(Cl)c1. The van der Waals surface area contributed by atoms with E-state index in [4.69, 9.17) is 16.3 Å². The van der Waals surface area contributed by atoms with Crippen molar-refractivity contribution in [3.63, 3.8) is 0 Å². The number of rotatable bonds is 4. The molecule has 0 radical (unpaired) electrons. The zero-order chi connectivity index (χ0) is 10.4. The quantitative estimate of drug-likeness (QED) is 0.613. The van der Waals surface area contributed by atoms with Gasteiger partial charge in [0.15, 0.2) is 0 Å². The van der Waals surface area contributed by atoms with Gasteiger partial charge in [0.1, 0.15) is 11.7 Å². The van der Waals surface area contributed by atoms with Crippen molar-refractivity contribution in [1.82, 2.24) is 4.98 Å². The number of hydrogen-bond donors (Lipinski definition) is 1. The first-order chi connectivity index (χ1) is 6.72. The first-order valence-corrected chi connectivity index (χ1v) is 4.61. The van der Waals surface area contributed by atoms with Gasteiger partial charge in [-0.15, -0.1) is 0 Å². The molecule has 0 unspecified atom stereocenters. The Hall–Kier alpha value is -1.29. The van der Waals surface area contributed by atoms with E-state index in [-0.39, 0.29) is 12.5 Å². The van der Waals surface area contributed by atoms with Gasteiger partial charge in [0.05, 0.1) is 6.61 Å². The molecule has 1 heterocycles. The van der Waals surface area contributed by atoms with E-state index in [2.05, 4.69) is 10.3 Å². The number of pyridine rings is 1. The van der Waals surface area contributed by atoms with Gasteiger partial charge in [0.2, 0.25) is 0 Å². The summed E-state index contributed by atoms with van der Waals surface area (Å²) in [4.78, 5) is 14.8. The van der Waals surface area contributed by atoms with E-state index in [9.17, 15) is 4.79 Å². The number of nitrogens with one attached hydrogen (secondary N) is 1. The van der Waals surface area contributed by atoms with Gasteiger partial charge in [-0.25, -0.2) is 4.98 Å². The van der Waals surface area contributed by atoms with Crippen LogP contribution in [-0.2, 0) is 9.53 Å². The van der Waals surface area contributed by atoms with Gasteiger partial charge in [-0.2, -0.15) is 0 Å². The van der Waals surface area contributed by atoms with Gasteiger partial charge in [0.25, 0.3) is 0 Å². The van der Waals surface area contributed by atoms with Crippen LogP contribution < -0.4 is 5.32 Å². The smallest absolute Gasteiger partial charge is 0.325 e. The molecular formula is C9H11ClN2O2. The highest BCUT2D eigenvalue weighted by Gasteiger charge is 2.00. The minimum Gasteiger partial charge on any atom is -0.465 e. The van der Waals surface area contributed by atoms with E-state index in [1.165, 1.54) is 0 Å². The lowest BCUT2D eigenvalue weighted by molar-refractivity contribution is -0.140. The molecule has 1 aromatic rings. The number of anilines is 1. The topological polar surface area (TPSA) is 51.2 Å². The molecule has 0 aliphatic carbocycles. The lowest BCUT2D eigenvalue weighted by atomic mass is 10.4. The van der Waals surface area contributed by atoms with Crippen molar-refractivity contribution < 1.29 is 9.53 Å². The van der Waals surface area contributed by atoms with Gasteiger partial charge in [0, 0.05) is 11.9 Å². The maximum atomic E-state index is 11.0. The van der Waals surface area contributed by atoms with Crippen molar-refractivity contribution in [2.24, 2.45) is 0 Å². The molecule has 1 rings (SSSR count). The Labute approximate surface area is 87.2 Å². The third-order valence-electron chi connectivity index (χ3n) is 1.47. The summed E-state index contributed by atoms with van der Waals surface area (Å²) < 4.78 is 4.74. The largest absolute Gasteiger partial charge is 0.465 e. The van der Waals surface area contributed by atoms with Crippen LogP contribution in [0, 0.1) is 0 Å². The Balaban J connectivity index is 2.41. The van der Waals surface area contributed by atoms with Gasteiger partial charge in [-0.1, -0.05) is 11.6 Å². The van der Waals surface area contributed by atoms with Crippen LogP contribution in [0.2, 0.25) is 5.15 Å². The molecule has 0 saturated carbocycles. The molecule has 0 aliphatic rings. The molecule has 0 amide bonds. The predicted octanol–water partition coefficient (Wildman–Crippen LogP) is 1.71. The Bertz CT molecular complexity index is 317. The minimum atomic E-state index is -0.291. The van der Waals surface area contributed by atoms with Gasteiger partial charge in [-0.05, 0) is 19.1 Å². The number of carbonyl (C=O) groups excluding carboxylic acids is 1. The fourth-order valence-electron chi connectivity index (χ4n) is 0.899. The number of aromatic nitrogens is 1. The third kappa shape index (κ3) is 3.62. The second kappa shape index (κ2) is 5.44. The Morgan fingerprint density at radius 3 is 3.14 bits per heavy atom. The van der Waals surface area contributed by atoms with Crippen molar-refractivity contribution in [1.29, 1.82) is 0 Å². The van der Waals surface area contributed by atoms with Crippen molar-refractivity contribution in [2.45, 2.75) is 6.92 Å². The number of ether oxygens (including phenoxy) is 1. The van der Waals surface area contributed by atoms with E-state index < -0.39 is 0 Å². The molecule has 0 bridgehead atoms. The summed E-state index contributed by atoms with van der Waals surface area (Å²) in [5, 5.41) is 3.26. The van der Waals surface area contributed by atoms with Crippen LogP contribution in [0.15, 0.2) is 18.3 Å². The maximum Gasteiger partial charge on any atom is 0.325 e. The Morgan fingerprint density at radius 2 is 2.50 bits per heavy atom. The van der Waals surface area contributed by atoms with E-state index in [0.29, 0.717) is 11.8 Å². The highest BCUT2D eigenvalue weighted by molar-refractivity contribution is 6.29. The lowest BCUT2D eigenvalue weighted by Crippen LogP contribution is -2.16. The zero-order valence-electron chi connectivity index (χ0n) is 7.79. The number of esters is 1. The maximum absolute atomic E-state index is 11.0. The molecule has 1 aromatic heterocycles. The van der Waals surface area contributed by atoms with Crippen molar-refractivity contribution in [2.75, 3.05) is 18.5 Å². The van der Waals surface area contributed by atoms with E-state index in [1.54, 1.807) is 25.3 Å². The Kier molecular flexibility index (Phi) is 4.19. The average Bonchev–Trinajstić information content (AvgIpc) is 2.15. The second-order valence-electron chi connectivity index (χ2n) is 2.53. The first-order valence-electron chi connectivity index (χ1n) is 4.23. The standard InChI is InChI=1S/C9H11ClN2O2/c1-2-14-9(13)6-12-7-3-4-11-8(10)5-7/h3-5H,2,6H2,1H3,(H,11,12). The van der Waals surface area contributed by atoms with Crippen molar-refractivity contribution in [3.8, 4) is 0 Å². The van der Waals surface area contributed by atoms with Gasteiger partial charge >= 0.3 is 5.97 Å². The average molecular weight is 215 g/mol. The van der Waals surface area contributed by atoms with Crippen LogP contribution in [0.5, 0.6) is 0 Å². The fraction of sp³-hybridized carbons (Fsp3) is 0.333. The molecule has 0 aromatic carbocycles. The summed E-state index contributed by atoms with van der Waals surface area (Å²) in [5.41, 5.74) is 0.748. The second-order valence-corrected chi connectivity index (χ2v) is 2.91. The molecule has 0 saturated heterocycles. The van der Waals surface area contributed by atoms with Crippen molar-refractivity contribution in [3.05, 3.63) is 23.5 Å². The highest BCUT2D eigenvalue weighted by atomic mass is 35.5. The van der Waals surface area contributed by atoms with E-state index >= 15 is 0 Å². The lowest BCUT2D eigenvalue weighted by Gasteiger charge is -2.05. The molecule has 76 valence electrons. The number of carbonyl (C=O) groups is 1. The summed E-state index contributed by atoms with van der Waals surface area (Å²) in [6, 6.07) is 3.37. The van der Waals surface area contributed by atoms with Crippen LogP contribution in [0.1, 0.15) is 6.92 Å². The normalized spacial score (nSPS) is 9.57. The number of halogens is 1. The van der Waals surface area contributed by atoms with Crippen LogP contribution in [0.3, 0.4) is 0 Å². The van der Waals surface area contributed by atoms with Gasteiger partial charge < -0.3 is 10.1 Å². The molecular weight excluding hydrogens is 204 g/mol. The summed E-state index contributed by atoms with van der Waals surface area (Å²) in [5.74, 6) is -0.291. The summed E-state index contributed by atoms with van der Waals surface area (Å²) in [6.45, 7) is 2.28. The van der Waals surface area contributed by atoms with E-state index in [1.807, 2.05) is 0 Å². The van der Waals surface area contributed by atoms with Gasteiger partial charge in [-0.3, -0.25) is 4.79 Å². The highest BCUT2D eigenvalue weighted by Crippen LogP contribution is 2.11. The zero-order valence-corrected chi connectivity index (χ0v) is 8.54. The molecule has 1 N–H and O–H groups in total. The van der Waals surface area contributed by atoms with Crippen LogP contribution >= 0.6 is 11.6 Å². The molecule has 0 fully saturated rings. The molecule has 4 nitrogen and oxygen atoms in total. The first kappa shape index (κ1) is 10.8. The molecule has 0 spiro atoms. The minimum absolute atomic E-state index is 0.133. The molecule has 5 heteroatoms. The van der Waals surface area contributed by atoms with Crippen LogP contribution in [-0.4, -0.2) is 24.1 Å². The Morgan fingerprint density at radius 1 is 1.71 bits per heavy atom. The van der Waals surface area contributed by atoms with Crippen molar-refractivity contribution >= 4 is 23.3 Å². The predicted molar refractivity (Wildman–Crippen MR) is 54.4 cm³/mol. The molecule has 14 heavy (non-hydrogen) atoms. The third-order valence-corrected chi connectivity index (χ3v) is 1.68. The summed E-state index contributed by atoms with van der Waals surface area (Å²) in [7, 11) is 0. The summed E-state index contributed by atoms with van der Waals surface area (Å²) >= 11 is 5.65. The monoisotopic (exact) mass is 214 g/mol. The fourth-order valence-corrected chi connectivity index (χ4v) is 1.07. The van der Waals surface area contributed by atoms with Crippen LogP contribution in [0.25, 0.3) is 0 Å². The number of hydrogen-bond acceptors (Lipinski definition) is 4. The summed E-state index contributed by atoms with van der Waals surface area (Å²) in [6.07, 6.45) is 1.57. The van der Waals surface area contributed by atoms with Crippen LogP contribution in [0.4, 0.5) is 5.69 Å². The molecule has 0 aliphatic heterocycles. The number of nitrogens with zero attached hydrogens (tertiary/aromatic N) is 1. The van der Waals surface area contributed by atoms with E-state index in [0.717, 1.165) is 5.69 Å². The molecule has 0 atom stereocenters.